The maximum atomic E-state index is 5.23. The van der Waals surface area contributed by atoms with Crippen LogP contribution < -0.4 is 10.1 Å². The first kappa shape index (κ1) is 12.0. The minimum atomic E-state index is 0.571. The average Bonchev–Trinajstić information content (AvgIpc) is 2.78. The van der Waals surface area contributed by atoms with Gasteiger partial charge in [0.15, 0.2) is 0 Å². The van der Waals surface area contributed by atoms with Crippen molar-refractivity contribution in [1.29, 1.82) is 0 Å². The molecule has 2 nitrogen and oxygen atoms in total. The lowest BCUT2D eigenvalue weighted by atomic mass is 9.95. The number of hydrogen-bond acceptors (Lipinski definition) is 2. The predicted molar refractivity (Wildman–Crippen MR) is 81.1 cm³/mol. The van der Waals surface area contributed by atoms with Crippen LogP contribution >= 0.6 is 0 Å². The fourth-order valence-electron chi connectivity index (χ4n) is 3.65. The molecule has 2 aromatic rings. The fraction of sp³-hybridized carbons (Fsp3) is 0.333. The van der Waals surface area contributed by atoms with Crippen LogP contribution in [-0.2, 0) is 0 Å². The maximum Gasteiger partial charge on any atom is 0.118 e. The monoisotopic (exact) mass is 265 g/mol. The Morgan fingerprint density at radius 3 is 2.60 bits per heavy atom. The molecular weight excluding hydrogens is 246 g/mol. The Labute approximate surface area is 119 Å². The first-order valence-electron chi connectivity index (χ1n) is 7.37. The van der Waals surface area contributed by atoms with Gasteiger partial charge in [-0.05, 0) is 65.8 Å². The molecule has 2 heteroatoms. The van der Waals surface area contributed by atoms with Gasteiger partial charge in [0.2, 0.25) is 0 Å². The Kier molecular flexibility index (Phi) is 2.78. The van der Waals surface area contributed by atoms with Crippen LogP contribution in [0.25, 0.3) is 11.1 Å². The van der Waals surface area contributed by atoms with Gasteiger partial charge in [0.1, 0.15) is 5.75 Å². The third kappa shape index (κ3) is 1.83. The maximum absolute atomic E-state index is 5.23. The average molecular weight is 265 g/mol. The van der Waals surface area contributed by atoms with E-state index in [0.717, 1.165) is 18.2 Å². The number of ether oxygens (including phenoxy) is 1. The summed E-state index contributed by atoms with van der Waals surface area (Å²) < 4.78 is 5.23. The molecule has 4 rings (SSSR count). The van der Waals surface area contributed by atoms with E-state index in [-0.39, 0.29) is 0 Å². The molecule has 1 heterocycles. The smallest absolute Gasteiger partial charge is 0.118 e. The van der Waals surface area contributed by atoms with E-state index in [0.29, 0.717) is 6.04 Å². The van der Waals surface area contributed by atoms with Gasteiger partial charge in [-0.25, -0.2) is 0 Å². The van der Waals surface area contributed by atoms with Crippen LogP contribution in [-0.4, -0.2) is 13.7 Å². The normalized spacial score (nSPS) is 23.4. The van der Waals surface area contributed by atoms with Crippen molar-refractivity contribution in [2.75, 3.05) is 13.7 Å². The van der Waals surface area contributed by atoms with Gasteiger partial charge in [0.05, 0.1) is 7.11 Å². The van der Waals surface area contributed by atoms with Gasteiger partial charge in [0, 0.05) is 6.04 Å². The molecule has 20 heavy (non-hydrogen) atoms. The Bertz CT molecular complexity index is 632. The molecule has 0 saturated carbocycles. The number of rotatable bonds is 2. The molecule has 0 spiro atoms. The number of benzene rings is 2. The van der Waals surface area contributed by atoms with E-state index in [2.05, 4.69) is 35.6 Å². The van der Waals surface area contributed by atoms with Crippen LogP contribution in [0, 0.1) is 0 Å². The van der Waals surface area contributed by atoms with Crippen molar-refractivity contribution in [1.82, 2.24) is 5.32 Å². The molecule has 102 valence electrons. The molecule has 1 aliphatic carbocycles. The van der Waals surface area contributed by atoms with Crippen molar-refractivity contribution >= 4 is 0 Å². The molecule has 2 atom stereocenters. The minimum Gasteiger partial charge on any atom is -0.497 e. The Hall–Kier alpha value is -1.80. The summed E-state index contributed by atoms with van der Waals surface area (Å²) in [6, 6.07) is 15.9. The molecule has 1 fully saturated rings. The van der Waals surface area contributed by atoms with Crippen LogP contribution in [0.15, 0.2) is 42.5 Å². The minimum absolute atomic E-state index is 0.571. The summed E-state index contributed by atoms with van der Waals surface area (Å²) in [5, 5.41) is 3.64. The van der Waals surface area contributed by atoms with Gasteiger partial charge in [-0.2, -0.15) is 0 Å². The van der Waals surface area contributed by atoms with Crippen molar-refractivity contribution in [3.8, 4) is 16.9 Å². The molecule has 1 saturated heterocycles. The van der Waals surface area contributed by atoms with Crippen LogP contribution in [0.1, 0.15) is 35.9 Å². The second-order valence-corrected chi connectivity index (χ2v) is 5.80. The standard InChI is InChI=1S/C18H19NO/c1-20-15-5-2-12(3-6-15)13-4-7-16-14-8-9-19-18(11-14)17(16)10-13/h2-7,10,14,18-19H,8-9,11H2,1H3. The predicted octanol–water partition coefficient (Wildman–Crippen LogP) is 3.88. The number of piperidine rings is 1. The quantitative estimate of drug-likeness (QED) is 0.889. The second kappa shape index (κ2) is 4.64. The molecule has 2 bridgehead atoms. The molecular formula is C18H19NO. The van der Waals surface area contributed by atoms with Crippen molar-refractivity contribution in [2.45, 2.75) is 24.8 Å². The third-order valence-corrected chi connectivity index (χ3v) is 4.73. The van der Waals surface area contributed by atoms with E-state index in [4.69, 9.17) is 4.74 Å². The van der Waals surface area contributed by atoms with Crippen LogP contribution in [0.3, 0.4) is 0 Å². The molecule has 0 aromatic heterocycles. The van der Waals surface area contributed by atoms with Gasteiger partial charge < -0.3 is 10.1 Å². The summed E-state index contributed by atoms with van der Waals surface area (Å²) in [5.41, 5.74) is 5.65. The van der Waals surface area contributed by atoms with E-state index >= 15 is 0 Å². The highest BCUT2D eigenvalue weighted by Crippen LogP contribution is 2.45. The van der Waals surface area contributed by atoms with E-state index in [1.807, 2.05) is 12.1 Å². The molecule has 2 aliphatic rings. The first-order valence-corrected chi connectivity index (χ1v) is 7.37. The lowest BCUT2D eigenvalue weighted by Crippen LogP contribution is -2.25. The summed E-state index contributed by atoms with van der Waals surface area (Å²) >= 11 is 0. The van der Waals surface area contributed by atoms with Gasteiger partial charge in [-0.3, -0.25) is 0 Å². The Morgan fingerprint density at radius 2 is 1.80 bits per heavy atom. The van der Waals surface area contributed by atoms with Crippen LogP contribution in [0.4, 0.5) is 0 Å². The summed E-state index contributed by atoms with van der Waals surface area (Å²) in [4.78, 5) is 0. The van der Waals surface area contributed by atoms with Gasteiger partial charge in [-0.1, -0.05) is 24.3 Å². The van der Waals surface area contributed by atoms with Crippen molar-refractivity contribution in [2.24, 2.45) is 0 Å². The van der Waals surface area contributed by atoms with E-state index in [1.165, 1.54) is 29.5 Å². The van der Waals surface area contributed by atoms with Crippen molar-refractivity contribution < 1.29 is 4.74 Å². The summed E-state index contributed by atoms with van der Waals surface area (Å²) in [7, 11) is 1.70. The molecule has 1 N–H and O–H groups in total. The SMILES string of the molecule is COc1ccc(-c2ccc3c(c2)C2CC3CCN2)cc1. The number of methoxy groups -OCH3 is 1. The highest BCUT2D eigenvalue weighted by atomic mass is 16.5. The third-order valence-electron chi connectivity index (χ3n) is 4.73. The zero-order chi connectivity index (χ0) is 13.5. The number of fused-ring (bicyclic) bond motifs is 5. The van der Waals surface area contributed by atoms with Gasteiger partial charge >= 0.3 is 0 Å². The number of nitrogens with one attached hydrogen (secondary N) is 1. The fourth-order valence-corrected chi connectivity index (χ4v) is 3.65. The summed E-state index contributed by atoms with van der Waals surface area (Å²) in [6.07, 6.45) is 2.56. The van der Waals surface area contributed by atoms with Crippen LogP contribution in [0.5, 0.6) is 5.75 Å². The number of hydrogen-bond donors (Lipinski definition) is 1. The lowest BCUT2D eigenvalue weighted by molar-refractivity contribution is 0.410. The van der Waals surface area contributed by atoms with E-state index in [1.54, 1.807) is 12.7 Å². The van der Waals surface area contributed by atoms with E-state index < -0.39 is 0 Å². The summed E-state index contributed by atoms with van der Waals surface area (Å²) in [6.45, 7) is 1.15. The first-order chi connectivity index (χ1) is 9.85. The Balaban J connectivity index is 1.73. The highest BCUT2D eigenvalue weighted by molar-refractivity contribution is 5.66. The second-order valence-electron chi connectivity index (χ2n) is 5.80. The van der Waals surface area contributed by atoms with E-state index in [9.17, 15) is 0 Å². The highest BCUT2D eigenvalue weighted by Gasteiger charge is 2.33. The molecule has 2 aromatic carbocycles. The summed E-state index contributed by atoms with van der Waals surface area (Å²) in [5.74, 6) is 1.69. The zero-order valence-electron chi connectivity index (χ0n) is 11.7. The van der Waals surface area contributed by atoms with Gasteiger partial charge in [0.25, 0.3) is 0 Å². The van der Waals surface area contributed by atoms with Gasteiger partial charge in [-0.15, -0.1) is 0 Å². The van der Waals surface area contributed by atoms with Crippen LogP contribution in [0.2, 0.25) is 0 Å². The molecule has 0 amide bonds. The lowest BCUT2D eigenvalue weighted by Gasteiger charge is -2.20. The molecule has 1 aliphatic heterocycles. The topological polar surface area (TPSA) is 21.3 Å². The van der Waals surface area contributed by atoms with Crippen molar-refractivity contribution in [3.05, 3.63) is 53.6 Å². The largest absolute Gasteiger partial charge is 0.497 e. The Morgan fingerprint density at radius 1 is 1.00 bits per heavy atom. The zero-order valence-corrected chi connectivity index (χ0v) is 11.7. The molecule has 2 unspecified atom stereocenters. The van der Waals surface area contributed by atoms with Crippen molar-refractivity contribution in [3.63, 3.8) is 0 Å². The molecule has 0 radical (unpaired) electrons.